The molecule has 0 aliphatic rings. The van der Waals surface area contributed by atoms with Crippen molar-refractivity contribution in [3.8, 4) is 0 Å². The Morgan fingerprint density at radius 3 is 2.42 bits per heavy atom. The third kappa shape index (κ3) is 7.21. The molecule has 0 spiro atoms. The Labute approximate surface area is 176 Å². The lowest BCUT2D eigenvalue weighted by Crippen LogP contribution is -2.37. The minimum absolute atomic E-state index is 0. The van der Waals surface area contributed by atoms with E-state index >= 15 is 0 Å². The first kappa shape index (κ1) is 22.2. The molecule has 0 atom stereocenters. The lowest BCUT2D eigenvalue weighted by atomic mass is 10.1. The molecule has 1 amide bonds. The van der Waals surface area contributed by atoms with Gasteiger partial charge in [-0.2, -0.15) is 0 Å². The van der Waals surface area contributed by atoms with Crippen LogP contribution in [0.3, 0.4) is 0 Å². The van der Waals surface area contributed by atoms with Crippen LogP contribution >= 0.6 is 35.6 Å². The van der Waals surface area contributed by atoms with Crippen molar-refractivity contribution < 1.29 is 4.79 Å². The van der Waals surface area contributed by atoms with Crippen molar-refractivity contribution in [1.29, 1.82) is 0 Å². The molecule has 0 radical (unpaired) electrons. The fraction of sp³-hybridized carbons (Fsp3) is 0.263. The molecular weight excluding hydrogens is 463 g/mol. The number of carbonyl (C=O) groups is 1. The molecule has 0 aliphatic heterocycles. The predicted molar refractivity (Wildman–Crippen MR) is 119 cm³/mol. The summed E-state index contributed by atoms with van der Waals surface area (Å²) in [4.78, 5) is 15.7. The minimum Gasteiger partial charge on any atom is -0.356 e. The van der Waals surface area contributed by atoms with Gasteiger partial charge in [-0.15, -0.1) is 24.0 Å². The number of halogens is 2. The molecule has 0 bridgehead atoms. The van der Waals surface area contributed by atoms with E-state index in [0.29, 0.717) is 12.1 Å². The van der Waals surface area contributed by atoms with E-state index in [1.807, 2.05) is 42.5 Å². The summed E-state index contributed by atoms with van der Waals surface area (Å²) >= 11 is 5.99. The van der Waals surface area contributed by atoms with Crippen LogP contribution in [0.4, 0.5) is 0 Å². The summed E-state index contributed by atoms with van der Waals surface area (Å²) in [5.74, 6) is 0.649. The molecule has 3 N–H and O–H groups in total. The maximum absolute atomic E-state index is 11.5. The van der Waals surface area contributed by atoms with Crippen LogP contribution < -0.4 is 16.0 Å². The second kappa shape index (κ2) is 11.7. The smallest absolute Gasteiger partial charge is 0.251 e. The summed E-state index contributed by atoms with van der Waals surface area (Å²) in [6.07, 6.45) is 0.863. The highest BCUT2D eigenvalue weighted by molar-refractivity contribution is 14.0. The van der Waals surface area contributed by atoms with Crippen molar-refractivity contribution in [2.24, 2.45) is 4.99 Å². The van der Waals surface area contributed by atoms with Crippen LogP contribution in [-0.2, 0) is 13.0 Å². The van der Waals surface area contributed by atoms with Crippen LogP contribution in [0.1, 0.15) is 21.5 Å². The zero-order chi connectivity index (χ0) is 18.1. The van der Waals surface area contributed by atoms with E-state index in [0.717, 1.165) is 29.5 Å². The number of aliphatic imine (C=N–C) groups is 1. The van der Waals surface area contributed by atoms with Gasteiger partial charge in [0.05, 0.1) is 0 Å². The Hall–Kier alpha value is -1.80. The standard InChI is InChI=1S/C19H23ClN4O.HI/c1-21-18(25)16-8-6-15(7-9-16)13-24-19(22-2)23-11-10-14-4-3-5-17(20)12-14;/h3-9,12H,10-11,13H2,1-2H3,(H,21,25)(H2,22,23,24);1H. The van der Waals surface area contributed by atoms with Gasteiger partial charge in [-0.05, 0) is 41.8 Å². The highest BCUT2D eigenvalue weighted by Gasteiger charge is 2.03. The van der Waals surface area contributed by atoms with Crippen molar-refractivity contribution >= 4 is 47.4 Å². The van der Waals surface area contributed by atoms with E-state index in [1.54, 1.807) is 14.1 Å². The van der Waals surface area contributed by atoms with Gasteiger partial charge in [0.1, 0.15) is 0 Å². The highest BCUT2D eigenvalue weighted by Crippen LogP contribution is 2.10. The van der Waals surface area contributed by atoms with Crippen molar-refractivity contribution in [3.05, 3.63) is 70.2 Å². The van der Waals surface area contributed by atoms with Gasteiger partial charge in [0, 0.05) is 37.8 Å². The number of guanidine groups is 1. The molecule has 2 aromatic carbocycles. The molecule has 0 saturated heterocycles. The summed E-state index contributed by atoms with van der Waals surface area (Å²) in [6.45, 7) is 1.39. The molecule has 0 unspecified atom stereocenters. The summed E-state index contributed by atoms with van der Waals surface area (Å²) < 4.78 is 0. The average Bonchev–Trinajstić information content (AvgIpc) is 2.64. The van der Waals surface area contributed by atoms with Crippen LogP contribution in [0.25, 0.3) is 0 Å². The SMILES string of the molecule is CN=C(NCCc1cccc(Cl)c1)NCc1ccc(C(=O)NC)cc1.I. The van der Waals surface area contributed by atoms with Crippen LogP contribution in [0.15, 0.2) is 53.5 Å². The lowest BCUT2D eigenvalue weighted by molar-refractivity contribution is 0.0963. The Morgan fingerprint density at radius 2 is 1.81 bits per heavy atom. The van der Waals surface area contributed by atoms with Crippen LogP contribution in [0.5, 0.6) is 0 Å². The van der Waals surface area contributed by atoms with Crippen molar-refractivity contribution in [1.82, 2.24) is 16.0 Å². The third-order valence-corrected chi connectivity index (χ3v) is 3.96. The van der Waals surface area contributed by atoms with Crippen LogP contribution in [0.2, 0.25) is 5.02 Å². The molecule has 5 nitrogen and oxygen atoms in total. The quantitative estimate of drug-likeness (QED) is 0.334. The number of benzene rings is 2. The first-order chi connectivity index (χ1) is 12.1. The number of hydrogen-bond acceptors (Lipinski definition) is 2. The molecule has 2 rings (SSSR count). The monoisotopic (exact) mass is 486 g/mol. The highest BCUT2D eigenvalue weighted by atomic mass is 127. The molecule has 2 aromatic rings. The van der Waals surface area contributed by atoms with Crippen LogP contribution in [0, 0.1) is 0 Å². The fourth-order valence-electron chi connectivity index (χ4n) is 2.34. The summed E-state index contributed by atoms with van der Waals surface area (Å²) in [7, 11) is 3.36. The van der Waals surface area contributed by atoms with E-state index in [2.05, 4.69) is 27.0 Å². The predicted octanol–water partition coefficient (Wildman–Crippen LogP) is 3.23. The van der Waals surface area contributed by atoms with Gasteiger partial charge in [0.15, 0.2) is 5.96 Å². The zero-order valence-electron chi connectivity index (χ0n) is 14.9. The largest absolute Gasteiger partial charge is 0.356 e. The van der Waals surface area contributed by atoms with Crippen molar-refractivity contribution in [2.75, 3.05) is 20.6 Å². The third-order valence-electron chi connectivity index (χ3n) is 3.72. The molecule has 26 heavy (non-hydrogen) atoms. The number of rotatable bonds is 6. The Kier molecular flexibility index (Phi) is 10.0. The number of hydrogen-bond donors (Lipinski definition) is 3. The summed E-state index contributed by atoms with van der Waals surface area (Å²) in [5, 5.41) is 9.89. The first-order valence-corrected chi connectivity index (χ1v) is 8.50. The number of nitrogens with zero attached hydrogens (tertiary/aromatic N) is 1. The van der Waals surface area contributed by atoms with Gasteiger partial charge in [-0.3, -0.25) is 9.79 Å². The Morgan fingerprint density at radius 1 is 1.08 bits per heavy atom. The Balaban J connectivity index is 0.00000338. The number of carbonyl (C=O) groups excluding carboxylic acids is 1. The van der Waals surface area contributed by atoms with Gasteiger partial charge in [-0.1, -0.05) is 35.9 Å². The van der Waals surface area contributed by atoms with Gasteiger partial charge < -0.3 is 16.0 Å². The molecular formula is C19H24ClIN4O. The van der Waals surface area contributed by atoms with Gasteiger partial charge >= 0.3 is 0 Å². The summed E-state index contributed by atoms with van der Waals surface area (Å²) in [6, 6.07) is 15.3. The van der Waals surface area contributed by atoms with Gasteiger partial charge in [-0.25, -0.2) is 0 Å². The van der Waals surface area contributed by atoms with E-state index in [-0.39, 0.29) is 29.9 Å². The maximum Gasteiger partial charge on any atom is 0.251 e. The second-order valence-corrected chi connectivity index (χ2v) is 5.94. The molecule has 0 aromatic heterocycles. The van der Waals surface area contributed by atoms with E-state index in [1.165, 1.54) is 5.56 Å². The normalized spacial score (nSPS) is 10.7. The van der Waals surface area contributed by atoms with E-state index < -0.39 is 0 Å². The number of amides is 1. The molecule has 140 valence electrons. The Bertz CT molecular complexity index is 735. The molecule has 7 heteroatoms. The molecule has 0 heterocycles. The molecule has 0 saturated carbocycles. The fourth-order valence-corrected chi connectivity index (χ4v) is 2.56. The van der Waals surface area contributed by atoms with Gasteiger partial charge in [0.25, 0.3) is 5.91 Å². The lowest BCUT2D eigenvalue weighted by Gasteiger charge is -2.12. The average molecular weight is 487 g/mol. The van der Waals surface area contributed by atoms with Crippen molar-refractivity contribution in [2.45, 2.75) is 13.0 Å². The molecule has 0 aliphatic carbocycles. The molecule has 0 fully saturated rings. The minimum atomic E-state index is -0.0852. The topological polar surface area (TPSA) is 65.5 Å². The van der Waals surface area contributed by atoms with E-state index in [9.17, 15) is 4.79 Å². The first-order valence-electron chi connectivity index (χ1n) is 8.12. The number of nitrogens with one attached hydrogen (secondary N) is 3. The second-order valence-electron chi connectivity index (χ2n) is 5.51. The van der Waals surface area contributed by atoms with Crippen molar-refractivity contribution in [3.63, 3.8) is 0 Å². The zero-order valence-corrected chi connectivity index (χ0v) is 18.0. The summed E-state index contributed by atoms with van der Waals surface area (Å²) in [5.41, 5.74) is 2.90. The maximum atomic E-state index is 11.5. The van der Waals surface area contributed by atoms with E-state index in [4.69, 9.17) is 11.6 Å². The van der Waals surface area contributed by atoms with Gasteiger partial charge in [0.2, 0.25) is 0 Å². The van der Waals surface area contributed by atoms with Crippen LogP contribution in [-0.4, -0.2) is 32.5 Å².